The van der Waals surface area contributed by atoms with E-state index >= 15 is 0 Å². The van der Waals surface area contributed by atoms with E-state index in [2.05, 4.69) is 32.9 Å². The second-order valence-electron chi connectivity index (χ2n) is 9.73. The summed E-state index contributed by atoms with van der Waals surface area (Å²) in [6, 6.07) is 9.10. The molecule has 174 valence electrons. The third-order valence-corrected chi connectivity index (χ3v) is 7.13. The van der Waals surface area contributed by atoms with E-state index in [1.54, 1.807) is 6.07 Å². The maximum atomic E-state index is 11.3. The van der Waals surface area contributed by atoms with E-state index < -0.39 is 5.97 Å². The van der Waals surface area contributed by atoms with Gasteiger partial charge in [-0.15, -0.1) is 0 Å². The van der Waals surface area contributed by atoms with Crippen LogP contribution in [0.1, 0.15) is 81.2 Å². The molecule has 1 aliphatic rings. The van der Waals surface area contributed by atoms with Crippen molar-refractivity contribution in [1.29, 1.82) is 0 Å². The smallest absolute Gasteiger partial charge is 0.304 e. The first-order valence-electron chi connectivity index (χ1n) is 11.4. The average molecular weight is 450 g/mol. The van der Waals surface area contributed by atoms with Crippen molar-refractivity contribution in [1.82, 2.24) is 15.1 Å². The number of rotatable bonds is 9. The van der Waals surface area contributed by atoms with Crippen LogP contribution in [0.5, 0.6) is 5.75 Å². The second-order valence-corrected chi connectivity index (χ2v) is 9.73. The van der Waals surface area contributed by atoms with E-state index in [4.69, 9.17) is 19.2 Å². The van der Waals surface area contributed by atoms with E-state index in [9.17, 15) is 9.90 Å². The molecule has 7 heteroatoms. The van der Waals surface area contributed by atoms with Gasteiger partial charge in [0.2, 0.25) is 0 Å². The van der Waals surface area contributed by atoms with Gasteiger partial charge in [-0.3, -0.25) is 14.8 Å². The van der Waals surface area contributed by atoms with Gasteiger partial charge in [0.1, 0.15) is 18.6 Å². The van der Waals surface area contributed by atoms with E-state index in [1.807, 2.05) is 30.5 Å². The Hall–Kier alpha value is -3.22. The van der Waals surface area contributed by atoms with Gasteiger partial charge in [0.05, 0.1) is 35.4 Å². The first kappa shape index (κ1) is 23.0. The standard InChI is InChI=1S/C26H31N3O4/c1-5-11-26(4)24-22(14-25(26,2)3)28-18(15-27-24)16-32-19-8-6-17(7-9-19)20(13-23(30)31)21-10-12-33-29-21/h6-10,12,15,20H,5,11,13-14,16H2,1-4H3,(H,30,31)/t20-,26?/m0/s1. The molecular weight excluding hydrogens is 418 g/mol. The Morgan fingerprint density at radius 3 is 2.61 bits per heavy atom. The first-order chi connectivity index (χ1) is 15.7. The lowest BCUT2D eigenvalue weighted by molar-refractivity contribution is -0.137. The van der Waals surface area contributed by atoms with Crippen molar-refractivity contribution in [2.45, 2.75) is 71.3 Å². The number of aromatic nitrogens is 3. The monoisotopic (exact) mass is 449 g/mol. The number of aliphatic carboxylic acids is 1. The van der Waals surface area contributed by atoms with Gasteiger partial charge in [-0.05, 0) is 36.0 Å². The first-order valence-corrected chi connectivity index (χ1v) is 11.4. The Morgan fingerprint density at radius 1 is 1.21 bits per heavy atom. The van der Waals surface area contributed by atoms with Crippen molar-refractivity contribution >= 4 is 5.97 Å². The fourth-order valence-corrected chi connectivity index (χ4v) is 4.94. The molecular formula is C26H31N3O4. The van der Waals surface area contributed by atoms with Crippen molar-refractivity contribution in [3.8, 4) is 5.75 Å². The van der Waals surface area contributed by atoms with Crippen LogP contribution in [0.3, 0.4) is 0 Å². The molecule has 1 unspecified atom stereocenters. The third kappa shape index (κ3) is 4.49. The lowest BCUT2D eigenvalue weighted by atomic mass is 9.66. The molecule has 2 aromatic heterocycles. The molecule has 0 spiro atoms. The van der Waals surface area contributed by atoms with Gasteiger partial charge in [0.25, 0.3) is 0 Å². The minimum atomic E-state index is -0.892. The molecule has 0 radical (unpaired) electrons. The van der Waals surface area contributed by atoms with Gasteiger partial charge in [-0.2, -0.15) is 0 Å². The van der Waals surface area contributed by atoms with Gasteiger partial charge < -0.3 is 14.4 Å². The Kier molecular flexibility index (Phi) is 6.23. The van der Waals surface area contributed by atoms with Crippen LogP contribution in [0.25, 0.3) is 0 Å². The topological polar surface area (TPSA) is 98.3 Å². The number of carboxylic acid groups (broad SMARTS) is 1. The fraction of sp³-hybridized carbons (Fsp3) is 0.462. The second kappa shape index (κ2) is 8.96. The summed E-state index contributed by atoms with van der Waals surface area (Å²) in [4.78, 5) is 21.0. The molecule has 1 aliphatic carbocycles. The molecule has 0 aliphatic heterocycles. The Morgan fingerprint density at radius 2 is 1.97 bits per heavy atom. The largest absolute Gasteiger partial charge is 0.487 e. The molecule has 1 N–H and O–H groups in total. The van der Waals surface area contributed by atoms with Gasteiger partial charge in [0, 0.05) is 17.4 Å². The number of carbonyl (C=O) groups is 1. The van der Waals surface area contributed by atoms with Gasteiger partial charge in [-0.25, -0.2) is 0 Å². The van der Waals surface area contributed by atoms with Crippen LogP contribution in [0.2, 0.25) is 0 Å². The number of fused-ring (bicyclic) bond motifs is 1. The SMILES string of the molecule is CCCC1(C)c2ncc(COc3ccc([C@H](CC(=O)O)c4ccon4)cc3)nc2CC1(C)C. The highest BCUT2D eigenvalue weighted by Crippen LogP contribution is 2.52. The highest BCUT2D eigenvalue weighted by atomic mass is 16.5. The Balaban J connectivity index is 1.46. The summed E-state index contributed by atoms with van der Waals surface area (Å²) in [7, 11) is 0. The number of benzene rings is 1. The summed E-state index contributed by atoms with van der Waals surface area (Å²) in [5.41, 5.74) is 4.61. The number of nitrogens with zero attached hydrogens (tertiary/aromatic N) is 3. The van der Waals surface area contributed by atoms with Crippen molar-refractivity contribution < 1.29 is 19.2 Å². The van der Waals surface area contributed by atoms with Crippen molar-refractivity contribution in [2.24, 2.45) is 5.41 Å². The summed E-state index contributed by atoms with van der Waals surface area (Å²) in [5.74, 6) is -0.582. The fourth-order valence-electron chi connectivity index (χ4n) is 4.94. The van der Waals surface area contributed by atoms with Gasteiger partial charge >= 0.3 is 5.97 Å². The van der Waals surface area contributed by atoms with E-state index in [-0.39, 0.29) is 23.2 Å². The summed E-state index contributed by atoms with van der Waals surface area (Å²) in [5, 5.41) is 13.2. The Labute approximate surface area is 194 Å². The van der Waals surface area contributed by atoms with Crippen LogP contribution >= 0.6 is 0 Å². The van der Waals surface area contributed by atoms with E-state index in [0.717, 1.165) is 41.9 Å². The highest BCUT2D eigenvalue weighted by molar-refractivity contribution is 5.68. The molecule has 33 heavy (non-hydrogen) atoms. The molecule has 3 aromatic rings. The summed E-state index contributed by atoms with van der Waals surface area (Å²) >= 11 is 0. The predicted octanol–water partition coefficient (Wildman–Crippen LogP) is 5.29. The van der Waals surface area contributed by atoms with Crippen molar-refractivity contribution in [3.63, 3.8) is 0 Å². The maximum Gasteiger partial charge on any atom is 0.304 e. The van der Waals surface area contributed by atoms with Crippen LogP contribution in [-0.4, -0.2) is 26.2 Å². The molecule has 2 heterocycles. The van der Waals surface area contributed by atoms with Crippen LogP contribution in [0, 0.1) is 5.41 Å². The highest BCUT2D eigenvalue weighted by Gasteiger charge is 2.50. The zero-order chi connectivity index (χ0) is 23.6. The lowest BCUT2D eigenvalue weighted by Crippen LogP contribution is -2.36. The summed E-state index contributed by atoms with van der Waals surface area (Å²) in [6.07, 6.45) is 6.35. The summed E-state index contributed by atoms with van der Waals surface area (Å²) in [6.45, 7) is 9.47. The maximum absolute atomic E-state index is 11.3. The number of hydrogen-bond acceptors (Lipinski definition) is 6. The average Bonchev–Trinajstić information content (AvgIpc) is 3.36. The predicted molar refractivity (Wildman–Crippen MR) is 123 cm³/mol. The molecule has 1 aromatic carbocycles. The normalized spacial score (nSPS) is 19.8. The van der Waals surface area contributed by atoms with Crippen LogP contribution < -0.4 is 4.74 Å². The zero-order valence-corrected chi connectivity index (χ0v) is 19.7. The number of hydrogen-bond donors (Lipinski definition) is 1. The zero-order valence-electron chi connectivity index (χ0n) is 19.7. The lowest BCUT2D eigenvalue weighted by Gasteiger charge is -2.38. The number of ether oxygens (including phenoxy) is 1. The molecule has 0 saturated carbocycles. The quantitative estimate of drug-likeness (QED) is 0.474. The molecule has 0 amide bonds. The van der Waals surface area contributed by atoms with Crippen molar-refractivity contribution in [3.05, 3.63) is 71.1 Å². The molecule has 4 rings (SSSR count). The van der Waals surface area contributed by atoms with E-state index in [1.165, 1.54) is 6.26 Å². The summed E-state index contributed by atoms with van der Waals surface area (Å²) < 4.78 is 10.9. The molecule has 2 atom stereocenters. The Bertz CT molecular complexity index is 1110. The van der Waals surface area contributed by atoms with Crippen LogP contribution in [0.4, 0.5) is 0 Å². The van der Waals surface area contributed by atoms with E-state index in [0.29, 0.717) is 18.1 Å². The van der Waals surface area contributed by atoms with Gasteiger partial charge in [0.15, 0.2) is 0 Å². The minimum absolute atomic E-state index is 0.0373. The third-order valence-electron chi connectivity index (χ3n) is 7.13. The van der Waals surface area contributed by atoms with Crippen LogP contribution in [-0.2, 0) is 23.2 Å². The molecule has 7 nitrogen and oxygen atoms in total. The van der Waals surface area contributed by atoms with Crippen LogP contribution in [0.15, 0.2) is 47.3 Å². The molecule has 0 saturated heterocycles. The van der Waals surface area contributed by atoms with Gasteiger partial charge in [-0.1, -0.05) is 51.4 Å². The minimum Gasteiger partial charge on any atom is -0.487 e. The van der Waals surface area contributed by atoms with Crippen molar-refractivity contribution in [2.75, 3.05) is 0 Å². The number of carboxylic acids is 1. The molecule has 0 fully saturated rings. The molecule has 0 bridgehead atoms.